The summed E-state index contributed by atoms with van der Waals surface area (Å²) in [6, 6.07) is 23.8. The van der Waals surface area contributed by atoms with E-state index in [0.29, 0.717) is 49.2 Å². The lowest BCUT2D eigenvalue weighted by molar-refractivity contribution is -0.118. The van der Waals surface area contributed by atoms with E-state index in [1.165, 1.54) is 11.1 Å². The summed E-state index contributed by atoms with van der Waals surface area (Å²) < 4.78 is 28.5. The number of piperidine rings is 1. The Morgan fingerprint density at radius 2 is 1.72 bits per heavy atom. The van der Waals surface area contributed by atoms with Crippen LogP contribution in [-0.2, 0) is 9.53 Å². The molecule has 3 aromatic rings. The molecule has 0 aliphatic carbocycles. The van der Waals surface area contributed by atoms with Crippen LogP contribution in [0, 0.1) is 5.92 Å². The third-order valence-electron chi connectivity index (χ3n) is 7.27. The van der Waals surface area contributed by atoms with Gasteiger partial charge in [-0.1, -0.05) is 42.5 Å². The van der Waals surface area contributed by atoms with Crippen LogP contribution in [0.3, 0.4) is 0 Å². The first-order chi connectivity index (χ1) is 19.1. The van der Waals surface area contributed by atoms with Crippen LogP contribution in [0.15, 0.2) is 72.8 Å². The largest absolute Gasteiger partial charge is 0.491 e. The number of halogens is 1. The van der Waals surface area contributed by atoms with Crippen molar-refractivity contribution in [3.05, 3.63) is 89.5 Å². The molecular weight excluding hydrogens is 499 g/mol. The number of likely N-dealkylation sites (tertiary alicyclic amines) is 1. The Labute approximate surface area is 227 Å². The number of anilines is 1. The molecule has 0 unspecified atom stereocenters. The van der Waals surface area contributed by atoms with Crippen molar-refractivity contribution >= 4 is 17.5 Å². The number of carbonyl (C=O) groups excluding carboxylic acids is 2. The number of fused-ring (bicyclic) bond motifs is 1. The molecule has 0 spiro atoms. The molecule has 2 heterocycles. The Morgan fingerprint density at radius 1 is 0.974 bits per heavy atom. The van der Waals surface area contributed by atoms with Gasteiger partial charge in [0, 0.05) is 24.6 Å². The highest BCUT2D eigenvalue weighted by Crippen LogP contribution is 2.39. The van der Waals surface area contributed by atoms with Crippen LogP contribution < -0.4 is 14.8 Å². The number of amides is 2. The maximum absolute atomic E-state index is 13.3. The van der Waals surface area contributed by atoms with Gasteiger partial charge in [-0.15, -0.1) is 0 Å². The van der Waals surface area contributed by atoms with Crippen molar-refractivity contribution < 1.29 is 28.2 Å². The van der Waals surface area contributed by atoms with Gasteiger partial charge in [0.15, 0.2) is 6.61 Å². The van der Waals surface area contributed by atoms with Gasteiger partial charge in [0.1, 0.15) is 24.8 Å². The van der Waals surface area contributed by atoms with Gasteiger partial charge in [-0.25, -0.2) is 4.39 Å². The summed E-state index contributed by atoms with van der Waals surface area (Å²) in [4.78, 5) is 26.9. The van der Waals surface area contributed by atoms with Crippen LogP contribution in [0.1, 0.15) is 40.2 Å². The van der Waals surface area contributed by atoms with Gasteiger partial charge < -0.3 is 24.4 Å². The summed E-state index contributed by atoms with van der Waals surface area (Å²) in [5.41, 5.74) is 3.54. The number of nitrogens with zero attached hydrogens (tertiary/aromatic N) is 1. The monoisotopic (exact) mass is 532 g/mol. The molecule has 2 aliphatic heterocycles. The predicted molar refractivity (Wildman–Crippen MR) is 146 cm³/mol. The number of hydrogen-bond acceptors (Lipinski definition) is 5. The first-order valence-corrected chi connectivity index (χ1v) is 13.4. The molecule has 39 heavy (non-hydrogen) atoms. The molecule has 2 aliphatic rings. The summed E-state index contributed by atoms with van der Waals surface area (Å²) in [7, 11) is 0. The SMILES string of the molecule is O=C1COc2ccc(C(=O)N3CCC([C@H](c4ccccc4)c4ccc(OCCOCCF)cc4)CC3)cc2N1. The maximum Gasteiger partial charge on any atom is 0.262 e. The highest BCUT2D eigenvalue weighted by atomic mass is 19.1. The molecule has 204 valence electrons. The van der Waals surface area contributed by atoms with Crippen molar-refractivity contribution in [2.45, 2.75) is 18.8 Å². The summed E-state index contributed by atoms with van der Waals surface area (Å²) >= 11 is 0. The molecule has 1 saturated heterocycles. The first kappa shape index (κ1) is 26.7. The minimum Gasteiger partial charge on any atom is -0.491 e. The van der Waals surface area contributed by atoms with Crippen LogP contribution in [-0.4, -0.2) is 62.9 Å². The molecule has 3 aromatic carbocycles. The number of benzene rings is 3. The zero-order valence-corrected chi connectivity index (χ0v) is 21.8. The summed E-state index contributed by atoms with van der Waals surface area (Å²) in [6.45, 7) is 1.63. The van der Waals surface area contributed by atoms with E-state index in [4.69, 9.17) is 14.2 Å². The molecule has 0 radical (unpaired) electrons. The van der Waals surface area contributed by atoms with Crippen molar-refractivity contribution in [1.29, 1.82) is 0 Å². The number of carbonyl (C=O) groups is 2. The van der Waals surface area contributed by atoms with Gasteiger partial charge in [0.05, 0.1) is 18.9 Å². The zero-order valence-electron chi connectivity index (χ0n) is 21.8. The number of nitrogens with one attached hydrogen (secondary N) is 1. The Hall–Kier alpha value is -3.91. The van der Waals surface area contributed by atoms with Gasteiger partial charge in [-0.05, 0) is 60.2 Å². The Morgan fingerprint density at radius 3 is 2.46 bits per heavy atom. The van der Waals surface area contributed by atoms with E-state index in [0.717, 1.165) is 18.6 Å². The van der Waals surface area contributed by atoms with E-state index in [9.17, 15) is 14.0 Å². The number of hydrogen-bond donors (Lipinski definition) is 1. The average Bonchev–Trinajstić information content (AvgIpc) is 2.98. The lowest BCUT2D eigenvalue weighted by Crippen LogP contribution is -2.40. The topological polar surface area (TPSA) is 77.1 Å². The zero-order chi connectivity index (χ0) is 27.0. The van der Waals surface area contributed by atoms with Crippen molar-refractivity contribution in [2.24, 2.45) is 5.92 Å². The Bertz CT molecular complexity index is 1260. The van der Waals surface area contributed by atoms with Crippen LogP contribution in [0.4, 0.5) is 10.1 Å². The second-order valence-corrected chi connectivity index (χ2v) is 9.78. The van der Waals surface area contributed by atoms with Crippen LogP contribution in [0.5, 0.6) is 11.5 Å². The molecule has 8 heteroatoms. The fourth-order valence-corrected chi connectivity index (χ4v) is 5.38. The number of rotatable bonds is 10. The second-order valence-electron chi connectivity index (χ2n) is 9.78. The quantitative estimate of drug-likeness (QED) is 0.369. The van der Waals surface area contributed by atoms with E-state index in [1.807, 2.05) is 23.1 Å². The summed E-state index contributed by atoms with van der Waals surface area (Å²) in [6.07, 6.45) is 1.75. The van der Waals surface area contributed by atoms with E-state index < -0.39 is 6.67 Å². The summed E-state index contributed by atoms with van der Waals surface area (Å²) in [5.74, 6) is 1.64. The highest BCUT2D eigenvalue weighted by molar-refractivity contribution is 5.99. The minimum absolute atomic E-state index is 0.0112. The lowest BCUT2D eigenvalue weighted by atomic mass is 9.76. The molecular formula is C31H33FN2O5. The van der Waals surface area contributed by atoms with Gasteiger partial charge in [0.2, 0.25) is 0 Å². The van der Waals surface area contributed by atoms with Crippen molar-refractivity contribution in [1.82, 2.24) is 4.90 Å². The second kappa shape index (κ2) is 12.8. The average molecular weight is 533 g/mol. The van der Waals surface area contributed by atoms with Crippen molar-refractivity contribution in [3.8, 4) is 11.5 Å². The maximum atomic E-state index is 13.3. The normalized spacial score (nSPS) is 16.1. The first-order valence-electron chi connectivity index (χ1n) is 13.4. The molecule has 0 bridgehead atoms. The molecule has 5 rings (SSSR count). The number of alkyl halides is 1. The molecule has 1 fully saturated rings. The van der Waals surface area contributed by atoms with E-state index in [2.05, 4.69) is 41.7 Å². The van der Waals surface area contributed by atoms with Gasteiger partial charge in [-0.3, -0.25) is 9.59 Å². The molecule has 7 nitrogen and oxygen atoms in total. The smallest absolute Gasteiger partial charge is 0.262 e. The third kappa shape index (κ3) is 6.57. The van der Waals surface area contributed by atoms with Crippen molar-refractivity contribution in [3.63, 3.8) is 0 Å². The Kier molecular flexibility index (Phi) is 8.73. The van der Waals surface area contributed by atoms with Gasteiger partial charge in [0.25, 0.3) is 11.8 Å². The summed E-state index contributed by atoms with van der Waals surface area (Å²) in [5, 5.41) is 2.78. The van der Waals surface area contributed by atoms with Crippen LogP contribution in [0.25, 0.3) is 0 Å². The van der Waals surface area contributed by atoms with Crippen molar-refractivity contribution in [2.75, 3.05) is 51.5 Å². The van der Waals surface area contributed by atoms with Crippen LogP contribution >= 0.6 is 0 Å². The minimum atomic E-state index is -0.494. The molecule has 2 amide bonds. The third-order valence-corrected chi connectivity index (χ3v) is 7.27. The standard InChI is InChI=1S/C31H33FN2O5/c32-14-17-37-18-19-38-26-9-6-23(7-10-26)30(22-4-2-1-3-5-22)24-12-15-34(16-13-24)31(36)25-8-11-28-27(20-25)33-29(35)21-39-28/h1-11,20,24,30H,12-19,21H2,(H,33,35)/t30-/m1/s1. The predicted octanol–water partition coefficient (Wildman–Crippen LogP) is 5.07. The molecule has 1 N–H and O–H groups in total. The van der Waals surface area contributed by atoms with Gasteiger partial charge >= 0.3 is 0 Å². The van der Waals surface area contributed by atoms with Gasteiger partial charge in [-0.2, -0.15) is 0 Å². The molecule has 0 saturated carbocycles. The molecule has 1 atom stereocenters. The fourth-order valence-electron chi connectivity index (χ4n) is 5.38. The van der Waals surface area contributed by atoms with E-state index in [-0.39, 0.29) is 30.9 Å². The van der Waals surface area contributed by atoms with E-state index in [1.54, 1.807) is 18.2 Å². The van der Waals surface area contributed by atoms with Crippen LogP contribution in [0.2, 0.25) is 0 Å². The van der Waals surface area contributed by atoms with E-state index >= 15 is 0 Å². The fraction of sp³-hybridized carbons (Fsp3) is 0.355. The lowest BCUT2D eigenvalue weighted by Gasteiger charge is -2.37. The highest BCUT2D eigenvalue weighted by Gasteiger charge is 2.31. The Balaban J connectivity index is 1.25. The molecule has 0 aromatic heterocycles. The number of ether oxygens (including phenoxy) is 3.